The minimum Gasteiger partial charge on any atom is -0.379 e. The molecule has 0 bridgehead atoms. The first-order valence-corrected chi connectivity index (χ1v) is 9.98. The van der Waals surface area contributed by atoms with Crippen molar-refractivity contribution in [3.8, 4) is 0 Å². The summed E-state index contributed by atoms with van der Waals surface area (Å²) in [6, 6.07) is 8.16. The van der Waals surface area contributed by atoms with Crippen molar-refractivity contribution in [3.05, 3.63) is 29.8 Å². The van der Waals surface area contributed by atoms with Gasteiger partial charge in [0.15, 0.2) is 5.96 Å². The van der Waals surface area contributed by atoms with Crippen molar-refractivity contribution in [2.45, 2.75) is 26.3 Å². The van der Waals surface area contributed by atoms with Crippen molar-refractivity contribution in [2.75, 3.05) is 57.4 Å². The molecule has 0 spiro atoms. The maximum atomic E-state index is 11.8. The lowest BCUT2D eigenvalue weighted by Gasteiger charge is -2.26. The van der Waals surface area contributed by atoms with Crippen molar-refractivity contribution in [1.82, 2.24) is 15.5 Å². The molecule has 2 aliphatic heterocycles. The highest BCUT2D eigenvalue weighted by atomic mass is 127. The van der Waals surface area contributed by atoms with Crippen LogP contribution in [0.25, 0.3) is 0 Å². The third-order valence-electron chi connectivity index (χ3n) is 4.91. The molecular weight excluding hydrogens is 469 g/mol. The van der Waals surface area contributed by atoms with Crippen LogP contribution < -0.4 is 15.5 Å². The number of nitrogens with one attached hydrogen (secondary N) is 2. The van der Waals surface area contributed by atoms with Gasteiger partial charge in [-0.1, -0.05) is 12.1 Å². The Morgan fingerprint density at radius 1 is 1.14 bits per heavy atom. The van der Waals surface area contributed by atoms with Crippen LogP contribution in [-0.2, 0) is 16.1 Å². The molecule has 0 radical (unpaired) electrons. The average Bonchev–Trinajstić information content (AvgIpc) is 3.13. The molecule has 7 nitrogen and oxygen atoms in total. The van der Waals surface area contributed by atoms with Crippen LogP contribution in [0.5, 0.6) is 0 Å². The lowest BCUT2D eigenvalue weighted by Crippen LogP contribution is -2.44. The number of carbonyl (C=O) groups excluding carboxylic acids is 1. The van der Waals surface area contributed by atoms with Gasteiger partial charge in [-0.25, -0.2) is 4.99 Å². The summed E-state index contributed by atoms with van der Waals surface area (Å²) in [7, 11) is 0. The molecule has 2 saturated heterocycles. The van der Waals surface area contributed by atoms with E-state index in [-0.39, 0.29) is 29.9 Å². The van der Waals surface area contributed by atoms with E-state index in [1.807, 2.05) is 17.0 Å². The largest absolute Gasteiger partial charge is 0.379 e. The number of halogens is 1. The van der Waals surface area contributed by atoms with Gasteiger partial charge in [0.05, 0.1) is 19.8 Å². The third kappa shape index (κ3) is 6.89. The Labute approximate surface area is 184 Å². The Hall–Kier alpha value is -1.39. The minimum atomic E-state index is 0. The van der Waals surface area contributed by atoms with E-state index in [1.54, 1.807) is 0 Å². The number of ether oxygens (including phenoxy) is 1. The maximum Gasteiger partial charge on any atom is 0.227 e. The summed E-state index contributed by atoms with van der Waals surface area (Å²) in [5.74, 6) is 1.06. The standard InChI is InChI=1S/C20H31N5O2.HI/c1-2-21-20(22-9-11-24-12-14-27-15-13-24)23-16-17-5-7-18(8-6-17)25-10-3-4-19(25)26;/h5-8H,2-4,9-16H2,1H3,(H2,21,22,23);1H. The first-order chi connectivity index (χ1) is 13.3. The topological polar surface area (TPSA) is 69.2 Å². The Morgan fingerprint density at radius 2 is 1.89 bits per heavy atom. The summed E-state index contributed by atoms with van der Waals surface area (Å²) >= 11 is 0. The molecule has 1 aromatic rings. The SMILES string of the molecule is CCNC(=NCc1ccc(N2CCCC2=O)cc1)NCCN1CCOCC1.I. The predicted octanol–water partition coefficient (Wildman–Crippen LogP) is 1.82. The van der Waals surface area contributed by atoms with Crippen LogP contribution in [0.3, 0.4) is 0 Å². The number of morpholine rings is 1. The zero-order chi connectivity index (χ0) is 18.9. The molecule has 1 aromatic carbocycles. The zero-order valence-electron chi connectivity index (χ0n) is 16.7. The molecule has 0 aliphatic carbocycles. The Kier molecular flexibility index (Phi) is 10.0. The van der Waals surface area contributed by atoms with E-state index >= 15 is 0 Å². The first kappa shape index (κ1) is 22.9. The fraction of sp³-hybridized carbons (Fsp3) is 0.600. The fourth-order valence-electron chi connectivity index (χ4n) is 3.37. The number of anilines is 1. The Balaban J connectivity index is 0.00000280. The molecule has 0 aromatic heterocycles. The number of guanidine groups is 1. The van der Waals surface area contributed by atoms with Gasteiger partial charge in [-0.15, -0.1) is 24.0 Å². The van der Waals surface area contributed by atoms with Crippen molar-refractivity contribution in [1.29, 1.82) is 0 Å². The highest BCUT2D eigenvalue weighted by Gasteiger charge is 2.21. The summed E-state index contributed by atoms with van der Waals surface area (Å²) < 4.78 is 5.38. The second kappa shape index (κ2) is 12.2. The van der Waals surface area contributed by atoms with E-state index in [9.17, 15) is 4.79 Å². The highest BCUT2D eigenvalue weighted by Crippen LogP contribution is 2.21. The molecule has 0 saturated carbocycles. The molecule has 28 heavy (non-hydrogen) atoms. The number of carbonyl (C=O) groups is 1. The van der Waals surface area contributed by atoms with Crippen molar-refractivity contribution >= 4 is 41.5 Å². The molecule has 3 rings (SSSR count). The maximum absolute atomic E-state index is 11.8. The van der Waals surface area contributed by atoms with Crippen LogP contribution >= 0.6 is 24.0 Å². The van der Waals surface area contributed by atoms with Gasteiger partial charge in [-0.3, -0.25) is 9.69 Å². The predicted molar refractivity (Wildman–Crippen MR) is 124 cm³/mol. The number of aliphatic imine (C=N–C) groups is 1. The molecule has 2 fully saturated rings. The molecule has 156 valence electrons. The number of rotatable bonds is 7. The molecule has 1 amide bonds. The monoisotopic (exact) mass is 501 g/mol. The van der Waals surface area contributed by atoms with Gasteiger partial charge in [-0.05, 0) is 31.0 Å². The molecule has 2 aliphatic rings. The molecule has 0 unspecified atom stereocenters. The van der Waals surface area contributed by atoms with E-state index < -0.39 is 0 Å². The average molecular weight is 501 g/mol. The number of nitrogens with zero attached hydrogens (tertiary/aromatic N) is 3. The van der Waals surface area contributed by atoms with Gasteiger partial charge in [0, 0.05) is 51.4 Å². The summed E-state index contributed by atoms with van der Waals surface area (Å²) in [6.45, 7) is 9.85. The lowest BCUT2D eigenvalue weighted by molar-refractivity contribution is -0.117. The van der Waals surface area contributed by atoms with Crippen LogP contribution in [-0.4, -0.2) is 69.2 Å². The van der Waals surface area contributed by atoms with Gasteiger partial charge < -0.3 is 20.3 Å². The molecule has 8 heteroatoms. The van der Waals surface area contributed by atoms with Crippen LogP contribution in [0.2, 0.25) is 0 Å². The van der Waals surface area contributed by atoms with E-state index in [0.717, 1.165) is 76.1 Å². The normalized spacial score (nSPS) is 18.1. The number of hydrogen-bond acceptors (Lipinski definition) is 4. The number of amides is 1. The minimum absolute atomic E-state index is 0. The first-order valence-electron chi connectivity index (χ1n) is 9.98. The molecule has 2 heterocycles. The third-order valence-corrected chi connectivity index (χ3v) is 4.91. The second-order valence-electron chi connectivity index (χ2n) is 6.89. The summed E-state index contributed by atoms with van der Waals surface area (Å²) in [5.41, 5.74) is 2.12. The van der Waals surface area contributed by atoms with Crippen LogP contribution in [0.4, 0.5) is 5.69 Å². The van der Waals surface area contributed by atoms with Gasteiger partial charge in [0.25, 0.3) is 0 Å². The lowest BCUT2D eigenvalue weighted by atomic mass is 10.2. The van der Waals surface area contributed by atoms with Crippen LogP contribution in [0.1, 0.15) is 25.3 Å². The summed E-state index contributed by atoms with van der Waals surface area (Å²) in [5, 5.41) is 6.70. The summed E-state index contributed by atoms with van der Waals surface area (Å²) in [4.78, 5) is 20.8. The Morgan fingerprint density at radius 3 is 2.54 bits per heavy atom. The van der Waals surface area contributed by atoms with E-state index in [4.69, 9.17) is 4.74 Å². The second-order valence-corrected chi connectivity index (χ2v) is 6.89. The van der Waals surface area contributed by atoms with Crippen molar-refractivity contribution < 1.29 is 9.53 Å². The quantitative estimate of drug-likeness (QED) is 0.339. The number of hydrogen-bond donors (Lipinski definition) is 2. The van der Waals surface area contributed by atoms with Crippen LogP contribution in [0, 0.1) is 0 Å². The number of benzene rings is 1. The van der Waals surface area contributed by atoms with Gasteiger partial charge in [-0.2, -0.15) is 0 Å². The molecule has 0 atom stereocenters. The fourth-order valence-corrected chi connectivity index (χ4v) is 3.37. The van der Waals surface area contributed by atoms with Gasteiger partial charge in [0.1, 0.15) is 0 Å². The zero-order valence-corrected chi connectivity index (χ0v) is 19.0. The van der Waals surface area contributed by atoms with E-state index in [2.05, 4.69) is 39.6 Å². The highest BCUT2D eigenvalue weighted by molar-refractivity contribution is 14.0. The van der Waals surface area contributed by atoms with Crippen LogP contribution in [0.15, 0.2) is 29.3 Å². The van der Waals surface area contributed by atoms with Crippen molar-refractivity contribution in [3.63, 3.8) is 0 Å². The smallest absolute Gasteiger partial charge is 0.227 e. The van der Waals surface area contributed by atoms with Gasteiger partial charge in [0.2, 0.25) is 5.91 Å². The van der Waals surface area contributed by atoms with Gasteiger partial charge >= 0.3 is 0 Å². The molecule has 2 N–H and O–H groups in total. The van der Waals surface area contributed by atoms with E-state index in [0.29, 0.717) is 13.0 Å². The summed E-state index contributed by atoms with van der Waals surface area (Å²) in [6.07, 6.45) is 1.61. The molecular formula is C20H32IN5O2. The Bertz CT molecular complexity index is 632. The van der Waals surface area contributed by atoms with Crippen molar-refractivity contribution in [2.24, 2.45) is 4.99 Å². The van der Waals surface area contributed by atoms with E-state index in [1.165, 1.54) is 0 Å².